The Morgan fingerprint density at radius 1 is 1.32 bits per heavy atom. The van der Waals surface area contributed by atoms with Crippen molar-refractivity contribution in [2.75, 3.05) is 6.54 Å². The maximum atomic E-state index is 12.3. The van der Waals surface area contributed by atoms with Gasteiger partial charge in [-0.2, -0.15) is 8.78 Å². The van der Waals surface area contributed by atoms with E-state index >= 15 is 0 Å². The number of nitrogens with one attached hydrogen (secondary N) is 1. The smallest absolute Gasteiger partial charge is 0.387 e. The van der Waals surface area contributed by atoms with Crippen LogP contribution in [0.1, 0.15) is 26.2 Å². The van der Waals surface area contributed by atoms with E-state index in [1.807, 2.05) is 6.92 Å². The fourth-order valence-corrected chi connectivity index (χ4v) is 3.24. The van der Waals surface area contributed by atoms with Crippen LogP contribution in [0.2, 0.25) is 0 Å². The van der Waals surface area contributed by atoms with Crippen molar-refractivity contribution in [1.29, 1.82) is 0 Å². The highest BCUT2D eigenvalue weighted by Crippen LogP contribution is 2.25. The van der Waals surface area contributed by atoms with Crippen molar-refractivity contribution in [3.05, 3.63) is 24.3 Å². The summed E-state index contributed by atoms with van der Waals surface area (Å²) in [5.41, 5.74) is 5.54. The Labute approximate surface area is 135 Å². The third-order valence-electron chi connectivity index (χ3n) is 2.87. The first-order valence-corrected chi connectivity index (χ1v) is 8.15. The predicted octanol–water partition coefficient (Wildman–Crippen LogP) is 2.51. The fourth-order valence-electron chi connectivity index (χ4n) is 1.82. The largest absolute Gasteiger partial charge is 0.433 e. The van der Waals surface area contributed by atoms with E-state index in [4.69, 9.17) is 5.73 Å². The average molecular weight is 359 g/mol. The van der Waals surface area contributed by atoms with Crippen LogP contribution in [0.25, 0.3) is 0 Å². The van der Waals surface area contributed by atoms with E-state index in [0.717, 1.165) is 12.8 Å². The lowest BCUT2D eigenvalue weighted by molar-refractivity contribution is -0.0517. The summed E-state index contributed by atoms with van der Waals surface area (Å²) in [5.74, 6) is -0.383. The van der Waals surface area contributed by atoms with Crippen molar-refractivity contribution in [2.45, 2.75) is 43.7 Å². The second-order valence-electron chi connectivity index (χ2n) is 4.52. The zero-order chi connectivity index (χ0) is 15.9. The molecule has 0 aromatic heterocycles. The van der Waals surface area contributed by atoms with Crippen LogP contribution in [0.5, 0.6) is 5.75 Å². The Bertz CT molecular complexity index is 544. The number of unbranched alkanes of at least 4 members (excludes halogenated alkanes) is 1. The molecule has 1 aromatic rings. The van der Waals surface area contributed by atoms with Crippen molar-refractivity contribution < 1.29 is 21.9 Å². The van der Waals surface area contributed by atoms with Gasteiger partial charge in [-0.05, 0) is 18.6 Å². The zero-order valence-electron chi connectivity index (χ0n) is 12.2. The van der Waals surface area contributed by atoms with Gasteiger partial charge in [0, 0.05) is 12.6 Å². The van der Waals surface area contributed by atoms with Crippen LogP contribution in [-0.4, -0.2) is 27.6 Å². The van der Waals surface area contributed by atoms with E-state index in [-0.39, 0.29) is 29.6 Å². The molecule has 0 aliphatic carbocycles. The molecule has 5 nitrogen and oxygen atoms in total. The van der Waals surface area contributed by atoms with Gasteiger partial charge in [0.15, 0.2) is 0 Å². The number of ether oxygens (including phenoxy) is 1. The van der Waals surface area contributed by atoms with E-state index in [0.29, 0.717) is 6.42 Å². The molecule has 22 heavy (non-hydrogen) atoms. The Hall–Kier alpha value is -0.960. The molecule has 128 valence electrons. The van der Waals surface area contributed by atoms with Gasteiger partial charge in [0.05, 0.1) is 0 Å². The zero-order valence-corrected chi connectivity index (χ0v) is 13.8. The molecule has 0 radical (unpaired) electrons. The maximum Gasteiger partial charge on any atom is 0.387 e. The molecule has 1 aromatic carbocycles. The maximum absolute atomic E-state index is 12.3. The Morgan fingerprint density at radius 3 is 2.50 bits per heavy atom. The van der Waals surface area contributed by atoms with E-state index in [1.54, 1.807) is 0 Å². The summed E-state index contributed by atoms with van der Waals surface area (Å²) in [4.78, 5) is -0.319. The number of rotatable bonds is 9. The monoisotopic (exact) mass is 358 g/mol. The molecule has 0 bridgehead atoms. The number of hydrogen-bond donors (Lipinski definition) is 2. The number of benzene rings is 1. The fraction of sp³-hybridized carbons (Fsp3) is 0.538. The van der Waals surface area contributed by atoms with Crippen LogP contribution < -0.4 is 15.2 Å². The van der Waals surface area contributed by atoms with Gasteiger partial charge in [-0.3, -0.25) is 0 Å². The van der Waals surface area contributed by atoms with Gasteiger partial charge < -0.3 is 10.5 Å². The highest BCUT2D eigenvalue weighted by atomic mass is 35.5. The molecule has 0 aliphatic rings. The third kappa shape index (κ3) is 6.43. The molecule has 0 saturated carbocycles. The lowest BCUT2D eigenvalue weighted by Gasteiger charge is -2.18. The van der Waals surface area contributed by atoms with Crippen LogP contribution >= 0.6 is 12.4 Å². The van der Waals surface area contributed by atoms with Crippen molar-refractivity contribution in [1.82, 2.24) is 4.72 Å². The third-order valence-corrected chi connectivity index (χ3v) is 4.43. The van der Waals surface area contributed by atoms with Gasteiger partial charge >= 0.3 is 6.61 Å². The molecule has 0 fully saturated rings. The highest BCUT2D eigenvalue weighted by Gasteiger charge is 2.23. The van der Waals surface area contributed by atoms with Gasteiger partial charge in [0.1, 0.15) is 10.6 Å². The van der Waals surface area contributed by atoms with E-state index in [2.05, 4.69) is 9.46 Å². The van der Waals surface area contributed by atoms with Crippen LogP contribution in [-0.2, 0) is 10.0 Å². The number of alkyl halides is 2. The first-order valence-electron chi connectivity index (χ1n) is 6.67. The minimum atomic E-state index is -3.97. The topological polar surface area (TPSA) is 81.4 Å². The van der Waals surface area contributed by atoms with E-state index < -0.39 is 22.7 Å². The molecular formula is C13H21ClF2N2O3S. The summed E-state index contributed by atoms with van der Waals surface area (Å²) in [7, 11) is -3.97. The molecule has 9 heteroatoms. The summed E-state index contributed by atoms with van der Waals surface area (Å²) < 4.78 is 55.9. The molecule has 0 heterocycles. The first kappa shape index (κ1) is 21.0. The summed E-state index contributed by atoms with van der Waals surface area (Å²) in [6.45, 7) is -0.975. The van der Waals surface area contributed by atoms with Gasteiger partial charge in [-0.15, -0.1) is 12.4 Å². The summed E-state index contributed by atoms with van der Waals surface area (Å²) in [6, 6.07) is 4.83. The van der Waals surface area contributed by atoms with Crippen LogP contribution in [0.4, 0.5) is 8.78 Å². The first-order chi connectivity index (χ1) is 9.90. The van der Waals surface area contributed by atoms with Crippen molar-refractivity contribution in [3.63, 3.8) is 0 Å². The minimum Gasteiger partial charge on any atom is -0.433 e. The van der Waals surface area contributed by atoms with E-state index in [1.165, 1.54) is 24.3 Å². The Balaban J connectivity index is 0.00000441. The van der Waals surface area contributed by atoms with Crippen molar-refractivity contribution in [2.24, 2.45) is 5.73 Å². The second kappa shape index (κ2) is 9.94. The molecule has 1 atom stereocenters. The molecule has 0 aliphatic heterocycles. The SMILES string of the molecule is CCCCC(CN)NS(=O)(=O)c1ccccc1OC(F)F.Cl. The van der Waals surface area contributed by atoms with Crippen LogP contribution in [0.15, 0.2) is 29.2 Å². The average Bonchev–Trinajstić information content (AvgIpc) is 2.43. The highest BCUT2D eigenvalue weighted by molar-refractivity contribution is 7.89. The Morgan fingerprint density at radius 2 is 1.95 bits per heavy atom. The number of halogens is 3. The number of nitrogens with two attached hydrogens (primary N) is 1. The van der Waals surface area contributed by atoms with Gasteiger partial charge in [0.2, 0.25) is 10.0 Å². The minimum absolute atomic E-state index is 0. The van der Waals surface area contributed by atoms with Gasteiger partial charge in [-0.25, -0.2) is 13.1 Å². The molecule has 0 spiro atoms. The molecule has 0 amide bonds. The summed E-state index contributed by atoms with van der Waals surface area (Å²) in [5, 5.41) is 0. The van der Waals surface area contributed by atoms with Crippen molar-refractivity contribution >= 4 is 22.4 Å². The summed E-state index contributed by atoms with van der Waals surface area (Å²) >= 11 is 0. The number of para-hydroxylation sites is 1. The second-order valence-corrected chi connectivity index (χ2v) is 6.20. The van der Waals surface area contributed by atoms with Crippen molar-refractivity contribution in [3.8, 4) is 5.75 Å². The molecular weight excluding hydrogens is 338 g/mol. The normalized spacial score (nSPS) is 12.8. The number of hydrogen-bond acceptors (Lipinski definition) is 4. The van der Waals surface area contributed by atoms with Crippen LogP contribution in [0.3, 0.4) is 0 Å². The number of sulfonamides is 1. The molecule has 3 N–H and O–H groups in total. The van der Waals surface area contributed by atoms with Gasteiger partial charge in [-0.1, -0.05) is 31.9 Å². The standard InChI is InChI=1S/C13H20F2N2O3S.ClH/c1-2-3-6-10(9-16)17-21(18,19)12-8-5-4-7-11(12)20-13(14)15;/h4-5,7-8,10,13,17H,2-3,6,9,16H2,1H3;1H. The quantitative estimate of drug-likeness (QED) is 0.710. The molecule has 1 rings (SSSR count). The van der Waals surface area contributed by atoms with Crippen LogP contribution in [0, 0.1) is 0 Å². The predicted molar refractivity (Wildman–Crippen MR) is 83.0 cm³/mol. The van der Waals surface area contributed by atoms with Gasteiger partial charge in [0.25, 0.3) is 0 Å². The summed E-state index contributed by atoms with van der Waals surface area (Å²) in [6.07, 6.45) is 2.31. The lowest BCUT2D eigenvalue weighted by atomic mass is 10.1. The lowest BCUT2D eigenvalue weighted by Crippen LogP contribution is -2.40. The van der Waals surface area contributed by atoms with E-state index in [9.17, 15) is 17.2 Å². The molecule has 0 saturated heterocycles. The molecule has 1 unspecified atom stereocenters. The Kier molecular flexibility index (Phi) is 9.50.